The summed E-state index contributed by atoms with van der Waals surface area (Å²) in [4.78, 5) is 20.2. The number of carbonyl (C=O) groups is 1. The number of aryl methyl sites for hydroxylation is 1. The lowest BCUT2D eigenvalue weighted by atomic mass is 9.88. The van der Waals surface area contributed by atoms with Gasteiger partial charge in [-0.1, -0.05) is 19.3 Å². The number of nitrogens with zero attached hydrogens (tertiary/aromatic N) is 4. The summed E-state index contributed by atoms with van der Waals surface area (Å²) in [6.45, 7) is 0.727. The predicted octanol–water partition coefficient (Wildman–Crippen LogP) is 1.75. The largest absolute Gasteiger partial charge is 0.356 e. The zero-order valence-electron chi connectivity index (χ0n) is 12.2. The van der Waals surface area contributed by atoms with Crippen LogP contribution < -0.4 is 5.32 Å². The van der Waals surface area contributed by atoms with Gasteiger partial charge in [0.25, 0.3) is 5.78 Å². The Balaban J connectivity index is 1.42. The molecule has 6 nitrogen and oxygen atoms in total. The van der Waals surface area contributed by atoms with Crippen molar-refractivity contribution in [2.24, 2.45) is 5.92 Å². The van der Waals surface area contributed by atoms with Gasteiger partial charge in [0.05, 0.1) is 0 Å². The highest BCUT2D eigenvalue weighted by molar-refractivity contribution is 5.78. The standard InChI is InChI=1S/C15H21N5O/c21-14(13-6-2-1-3-7-13)16-8-4-5-12-9-17-15-18-11-19-20(15)10-12/h9-11,13H,1-8H2,(H,16,21). The average Bonchev–Trinajstić information content (AvgIpc) is 3.00. The first-order valence-corrected chi connectivity index (χ1v) is 7.75. The Morgan fingerprint density at radius 1 is 1.29 bits per heavy atom. The van der Waals surface area contributed by atoms with Crippen molar-refractivity contribution in [2.45, 2.75) is 44.9 Å². The van der Waals surface area contributed by atoms with Crippen molar-refractivity contribution in [3.63, 3.8) is 0 Å². The number of carbonyl (C=O) groups excluding carboxylic acids is 1. The van der Waals surface area contributed by atoms with Crippen LogP contribution in [0.2, 0.25) is 0 Å². The fourth-order valence-corrected chi connectivity index (χ4v) is 2.90. The topological polar surface area (TPSA) is 72.2 Å². The average molecular weight is 287 g/mol. The Kier molecular flexibility index (Phi) is 4.43. The number of hydrogen-bond donors (Lipinski definition) is 1. The molecule has 1 amide bonds. The highest BCUT2D eigenvalue weighted by Crippen LogP contribution is 2.23. The number of fused-ring (bicyclic) bond motifs is 1. The number of hydrogen-bond acceptors (Lipinski definition) is 4. The van der Waals surface area contributed by atoms with Gasteiger partial charge < -0.3 is 5.32 Å². The Labute approximate surface area is 124 Å². The van der Waals surface area contributed by atoms with Crippen molar-refractivity contribution in [1.82, 2.24) is 24.9 Å². The fourth-order valence-electron chi connectivity index (χ4n) is 2.90. The van der Waals surface area contributed by atoms with Crippen molar-refractivity contribution < 1.29 is 4.79 Å². The maximum Gasteiger partial charge on any atom is 0.252 e. The molecule has 2 heterocycles. The number of rotatable bonds is 5. The van der Waals surface area contributed by atoms with E-state index in [1.54, 1.807) is 4.52 Å². The van der Waals surface area contributed by atoms with Gasteiger partial charge in [0.15, 0.2) is 0 Å². The predicted molar refractivity (Wildman–Crippen MR) is 78.7 cm³/mol. The van der Waals surface area contributed by atoms with Crippen LogP contribution in [0.1, 0.15) is 44.1 Å². The Morgan fingerprint density at radius 3 is 3.00 bits per heavy atom. The molecular formula is C15H21N5O. The van der Waals surface area contributed by atoms with E-state index in [2.05, 4.69) is 20.4 Å². The first-order valence-electron chi connectivity index (χ1n) is 7.75. The second kappa shape index (κ2) is 6.65. The molecule has 0 bridgehead atoms. The van der Waals surface area contributed by atoms with Crippen LogP contribution in [-0.4, -0.2) is 32.0 Å². The van der Waals surface area contributed by atoms with Crippen LogP contribution in [0.25, 0.3) is 5.78 Å². The molecule has 0 unspecified atom stereocenters. The van der Waals surface area contributed by atoms with E-state index in [0.29, 0.717) is 5.78 Å². The van der Waals surface area contributed by atoms with E-state index in [-0.39, 0.29) is 11.8 Å². The van der Waals surface area contributed by atoms with Crippen molar-refractivity contribution >= 4 is 11.7 Å². The minimum Gasteiger partial charge on any atom is -0.356 e. The molecule has 0 atom stereocenters. The zero-order chi connectivity index (χ0) is 14.5. The highest BCUT2D eigenvalue weighted by Gasteiger charge is 2.20. The van der Waals surface area contributed by atoms with Gasteiger partial charge in [-0.3, -0.25) is 4.79 Å². The van der Waals surface area contributed by atoms with E-state index < -0.39 is 0 Å². The van der Waals surface area contributed by atoms with Gasteiger partial charge in [-0.15, -0.1) is 0 Å². The highest BCUT2D eigenvalue weighted by atomic mass is 16.1. The van der Waals surface area contributed by atoms with Gasteiger partial charge in [-0.25, -0.2) is 9.50 Å². The molecule has 112 valence electrons. The van der Waals surface area contributed by atoms with Gasteiger partial charge in [-0.2, -0.15) is 10.1 Å². The molecule has 0 radical (unpaired) electrons. The first-order chi connectivity index (χ1) is 10.3. The first kappa shape index (κ1) is 14.0. The molecule has 0 spiro atoms. The van der Waals surface area contributed by atoms with E-state index in [9.17, 15) is 4.79 Å². The van der Waals surface area contributed by atoms with Crippen LogP contribution >= 0.6 is 0 Å². The minimum atomic E-state index is 0.236. The van der Waals surface area contributed by atoms with Crippen LogP contribution in [0.4, 0.5) is 0 Å². The van der Waals surface area contributed by atoms with Gasteiger partial charge >= 0.3 is 0 Å². The smallest absolute Gasteiger partial charge is 0.252 e. The molecule has 3 rings (SSSR count). The quantitative estimate of drug-likeness (QED) is 0.850. The van der Waals surface area contributed by atoms with Crippen LogP contribution in [0.5, 0.6) is 0 Å². The fraction of sp³-hybridized carbons (Fsp3) is 0.600. The second-order valence-corrected chi connectivity index (χ2v) is 5.70. The Hall–Kier alpha value is -1.98. The van der Waals surface area contributed by atoms with Crippen molar-refractivity contribution in [1.29, 1.82) is 0 Å². The summed E-state index contributed by atoms with van der Waals surface area (Å²) >= 11 is 0. The third-order valence-electron chi connectivity index (χ3n) is 4.11. The molecule has 1 aliphatic carbocycles. The molecule has 2 aromatic heterocycles. The second-order valence-electron chi connectivity index (χ2n) is 5.70. The van der Waals surface area contributed by atoms with Crippen molar-refractivity contribution in [2.75, 3.05) is 6.54 Å². The van der Waals surface area contributed by atoms with E-state index >= 15 is 0 Å². The Morgan fingerprint density at radius 2 is 2.14 bits per heavy atom. The molecule has 2 aromatic rings. The summed E-state index contributed by atoms with van der Waals surface area (Å²) in [7, 11) is 0. The van der Waals surface area contributed by atoms with Crippen molar-refractivity contribution in [3.8, 4) is 0 Å². The van der Waals surface area contributed by atoms with Crippen LogP contribution in [-0.2, 0) is 11.2 Å². The molecule has 0 aliphatic heterocycles. The van der Waals surface area contributed by atoms with Gasteiger partial charge in [0, 0.05) is 24.9 Å². The lowest BCUT2D eigenvalue weighted by Crippen LogP contribution is -2.32. The maximum absolute atomic E-state index is 12.0. The number of amides is 1. The van der Waals surface area contributed by atoms with E-state index in [1.165, 1.54) is 25.6 Å². The van der Waals surface area contributed by atoms with Gasteiger partial charge in [0.2, 0.25) is 5.91 Å². The number of nitrogens with one attached hydrogen (secondary N) is 1. The molecule has 1 N–H and O–H groups in total. The van der Waals surface area contributed by atoms with E-state index in [0.717, 1.165) is 37.8 Å². The summed E-state index contributed by atoms with van der Waals surface area (Å²) in [5, 5.41) is 7.13. The van der Waals surface area contributed by atoms with Gasteiger partial charge in [-0.05, 0) is 31.2 Å². The Bertz CT molecular complexity index is 603. The normalized spacial score (nSPS) is 16.2. The SMILES string of the molecule is O=C(NCCCc1cnc2ncnn2c1)C1CCCCC1. The molecular weight excluding hydrogens is 266 g/mol. The minimum absolute atomic E-state index is 0.236. The van der Waals surface area contributed by atoms with E-state index in [4.69, 9.17) is 0 Å². The molecule has 6 heteroatoms. The molecule has 21 heavy (non-hydrogen) atoms. The summed E-state index contributed by atoms with van der Waals surface area (Å²) in [6.07, 6.45) is 12.8. The lowest BCUT2D eigenvalue weighted by Gasteiger charge is -2.20. The molecule has 0 aromatic carbocycles. The molecule has 1 fully saturated rings. The third kappa shape index (κ3) is 3.56. The molecule has 1 aliphatic rings. The van der Waals surface area contributed by atoms with E-state index in [1.807, 2.05) is 12.4 Å². The van der Waals surface area contributed by atoms with Gasteiger partial charge in [0.1, 0.15) is 6.33 Å². The molecule has 1 saturated carbocycles. The molecule has 0 saturated heterocycles. The van der Waals surface area contributed by atoms with Crippen LogP contribution in [0.3, 0.4) is 0 Å². The lowest BCUT2D eigenvalue weighted by molar-refractivity contribution is -0.125. The summed E-state index contributed by atoms with van der Waals surface area (Å²) < 4.78 is 1.68. The third-order valence-corrected chi connectivity index (χ3v) is 4.11. The van der Waals surface area contributed by atoms with Crippen LogP contribution in [0, 0.1) is 5.92 Å². The summed E-state index contributed by atoms with van der Waals surface area (Å²) in [5.74, 6) is 1.09. The van der Waals surface area contributed by atoms with Crippen LogP contribution in [0.15, 0.2) is 18.7 Å². The number of aromatic nitrogens is 4. The monoisotopic (exact) mass is 287 g/mol. The summed E-state index contributed by atoms with van der Waals surface area (Å²) in [6, 6.07) is 0. The zero-order valence-corrected chi connectivity index (χ0v) is 12.2. The summed E-state index contributed by atoms with van der Waals surface area (Å²) in [5.41, 5.74) is 1.11. The van der Waals surface area contributed by atoms with Crippen molar-refractivity contribution in [3.05, 3.63) is 24.3 Å². The maximum atomic E-state index is 12.0.